The summed E-state index contributed by atoms with van der Waals surface area (Å²) in [6.45, 7) is 0.0234. The number of carbonyl (C=O) groups excluding carboxylic acids is 3. The molecule has 6 heteroatoms. The number of fused-ring (bicyclic) bond motifs is 5. The number of allylic oxidation sites excluding steroid dienone is 2. The van der Waals surface area contributed by atoms with Crippen LogP contribution in [0.15, 0.2) is 42.5 Å². The number of hydrogen-bond donors (Lipinski definition) is 0. The van der Waals surface area contributed by atoms with Crippen LogP contribution in [-0.4, -0.2) is 23.0 Å². The Balaban J connectivity index is 1.39. The molecule has 4 atom stereocenters. The van der Waals surface area contributed by atoms with Crippen LogP contribution in [0, 0.1) is 23.7 Å². The van der Waals surface area contributed by atoms with Crippen molar-refractivity contribution < 1.29 is 24.0 Å². The highest BCUT2D eigenvalue weighted by Crippen LogP contribution is 2.52. The van der Waals surface area contributed by atoms with Gasteiger partial charge in [0, 0.05) is 0 Å². The van der Waals surface area contributed by atoms with E-state index in [1.54, 1.807) is 12.1 Å². The average molecular weight is 313 g/mol. The smallest absolute Gasteiger partial charge is 0.428 e. The molecule has 6 nitrogen and oxygen atoms in total. The molecule has 0 spiro atoms. The lowest BCUT2D eigenvalue weighted by molar-refractivity contribution is -0.180. The van der Waals surface area contributed by atoms with Crippen molar-refractivity contribution >= 4 is 18.0 Å². The van der Waals surface area contributed by atoms with Crippen molar-refractivity contribution in [3.8, 4) is 0 Å². The molecule has 0 aromatic heterocycles. The van der Waals surface area contributed by atoms with Gasteiger partial charge in [-0.3, -0.25) is 14.4 Å². The van der Waals surface area contributed by atoms with Crippen LogP contribution in [0.5, 0.6) is 0 Å². The first-order valence-electron chi connectivity index (χ1n) is 7.60. The molecular formula is C17H15NO5. The predicted molar refractivity (Wildman–Crippen MR) is 77.3 cm³/mol. The summed E-state index contributed by atoms with van der Waals surface area (Å²) in [4.78, 5) is 41.3. The number of hydrogen-bond acceptors (Lipinski definition) is 5. The molecule has 1 aliphatic heterocycles. The summed E-state index contributed by atoms with van der Waals surface area (Å²) in [5, 5.41) is 0.592. The highest BCUT2D eigenvalue weighted by Gasteiger charge is 2.61. The van der Waals surface area contributed by atoms with Crippen LogP contribution in [0.25, 0.3) is 0 Å². The first-order chi connectivity index (χ1) is 11.1. The van der Waals surface area contributed by atoms with Gasteiger partial charge in [0.2, 0.25) is 0 Å². The lowest BCUT2D eigenvalue weighted by Crippen LogP contribution is -2.35. The zero-order valence-electron chi connectivity index (χ0n) is 12.3. The largest absolute Gasteiger partial charge is 0.534 e. The molecular weight excluding hydrogens is 298 g/mol. The monoisotopic (exact) mass is 313 g/mol. The van der Waals surface area contributed by atoms with Gasteiger partial charge >= 0.3 is 6.16 Å². The van der Waals surface area contributed by atoms with E-state index in [2.05, 4.69) is 0 Å². The van der Waals surface area contributed by atoms with Gasteiger partial charge in [0.05, 0.1) is 11.8 Å². The minimum atomic E-state index is -1.05. The predicted octanol–water partition coefficient (Wildman–Crippen LogP) is 2.06. The fraction of sp³-hybridized carbons (Fsp3) is 0.353. The van der Waals surface area contributed by atoms with Crippen molar-refractivity contribution in [2.45, 2.75) is 13.0 Å². The Bertz CT molecular complexity index is 668. The van der Waals surface area contributed by atoms with Gasteiger partial charge in [-0.2, -0.15) is 0 Å². The van der Waals surface area contributed by atoms with Crippen LogP contribution in [0.3, 0.4) is 0 Å². The van der Waals surface area contributed by atoms with E-state index in [4.69, 9.17) is 9.57 Å². The van der Waals surface area contributed by atoms with Crippen molar-refractivity contribution in [1.82, 2.24) is 5.06 Å². The summed E-state index contributed by atoms with van der Waals surface area (Å²) in [5.41, 5.74) is 0.794. The van der Waals surface area contributed by atoms with Crippen LogP contribution in [-0.2, 0) is 25.8 Å². The van der Waals surface area contributed by atoms with E-state index in [1.807, 2.05) is 30.4 Å². The highest BCUT2D eigenvalue weighted by atomic mass is 16.8. The Labute approximate surface area is 132 Å². The normalized spacial score (nSPS) is 30.7. The molecule has 1 aromatic rings. The third kappa shape index (κ3) is 2.21. The van der Waals surface area contributed by atoms with E-state index >= 15 is 0 Å². The number of carbonyl (C=O) groups is 3. The lowest BCUT2D eigenvalue weighted by atomic mass is 9.85. The number of hydroxylamine groups is 2. The topological polar surface area (TPSA) is 72.9 Å². The number of nitrogens with zero attached hydrogens (tertiary/aromatic N) is 1. The molecule has 118 valence electrons. The fourth-order valence-corrected chi connectivity index (χ4v) is 3.78. The summed E-state index contributed by atoms with van der Waals surface area (Å²) in [6.07, 6.45) is 3.75. The van der Waals surface area contributed by atoms with Crippen molar-refractivity contribution in [3.05, 3.63) is 48.0 Å². The Kier molecular flexibility index (Phi) is 3.18. The molecule has 0 radical (unpaired) electrons. The molecule has 0 N–H and O–H groups in total. The molecule has 0 unspecified atom stereocenters. The SMILES string of the molecule is O=C(OCc1ccccc1)ON1C(=O)[C@@H]2[C@@H](C1=O)[C@H]1C=C[C@H]2C1. The van der Waals surface area contributed by atoms with Gasteiger partial charge in [0.25, 0.3) is 11.8 Å². The first-order valence-corrected chi connectivity index (χ1v) is 7.60. The van der Waals surface area contributed by atoms with Gasteiger partial charge in [0.15, 0.2) is 0 Å². The van der Waals surface area contributed by atoms with Gasteiger partial charge in [-0.05, 0) is 23.8 Å². The summed E-state index contributed by atoms with van der Waals surface area (Å²) < 4.78 is 4.96. The lowest BCUT2D eigenvalue weighted by Gasteiger charge is -2.15. The van der Waals surface area contributed by atoms with Gasteiger partial charge < -0.3 is 4.74 Å². The second kappa shape index (κ2) is 5.22. The Morgan fingerprint density at radius 1 is 1.04 bits per heavy atom. The Hall–Kier alpha value is -2.63. The quantitative estimate of drug-likeness (QED) is 0.485. The molecule has 1 aromatic carbocycles. The van der Waals surface area contributed by atoms with Crippen LogP contribution >= 0.6 is 0 Å². The number of amides is 2. The van der Waals surface area contributed by atoms with Gasteiger partial charge in [-0.1, -0.05) is 47.5 Å². The third-order valence-electron chi connectivity index (χ3n) is 4.80. The maximum Gasteiger partial charge on any atom is 0.534 e. The number of rotatable bonds is 3. The zero-order chi connectivity index (χ0) is 16.0. The van der Waals surface area contributed by atoms with Gasteiger partial charge in [0.1, 0.15) is 6.61 Å². The van der Waals surface area contributed by atoms with Crippen molar-refractivity contribution in [2.75, 3.05) is 0 Å². The number of imide groups is 1. The van der Waals surface area contributed by atoms with Gasteiger partial charge in [-0.15, -0.1) is 0 Å². The van der Waals surface area contributed by atoms with E-state index in [0.717, 1.165) is 12.0 Å². The molecule has 23 heavy (non-hydrogen) atoms. The molecule has 1 saturated heterocycles. The minimum absolute atomic E-state index is 0.0234. The second-order valence-corrected chi connectivity index (χ2v) is 6.09. The van der Waals surface area contributed by atoms with Crippen molar-refractivity contribution in [2.24, 2.45) is 23.7 Å². The molecule has 3 aliphatic rings. The maximum absolute atomic E-state index is 12.3. The second-order valence-electron chi connectivity index (χ2n) is 6.09. The standard InChI is InChI=1S/C17H15NO5/c19-15-13-11-6-7-12(8-11)14(13)16(20)18(15)23-17(21)22-9-10-4-2-1-3-5-10/h1-7,11-14H,8-9H2/t11-,12-,13-,14-/m0/s1. The molecule has 2 fully saturated rings. The van der Waals surface area contributed by atoms with E-state index < -0.39 is 18.0 Å². The van der Waals surface area contributed by atoms with E-state index in [-0.39, 0.29) is 30.3 Å². The van der Waals surface area contributed by atoms with Crippen LogP contribution in [0.2, 0.25) is 0 Å². The maximum atomic E-state index is 12.3. The van der Waals surface area contributed by atoms with Crippen LogP contribution < -0.4 is 0 Å². The fourth-order valence-electron chi connectivity index (χ4n) is 3.78. The minimum Gasteiger partial charge on any atom is -0.428 e. The summed E-state index contributed by atoms with van der Waals surface area (Å²) in [5.74, 6) is -1.49. The Morgan fingerprint density at radius 2 is 1.65 bits per heavy atom. The molecule has 2 bridgehead atoms. The highest BCUT2D eigenvalue weighted by molar-refractivity contribution is 6.05. The number of benzene rings is 1. The molecule has 4 rings (SSSR count). The van der Waals surface area contributed by atoms with Crippen molar-refractivity contribution in [1.29, 1.82) is 0 Å². The van der Waals surface area contributed by atoms with Gasteiger partial charge in [-0.25, -0.2) is 4.79 Å². The van der Waals surface area contributed by atoms with Crippen molar-refractivity contribution in [3.63, 3.8) is 0 Å². The molecule has 2 aliphatic carbocycles. The summed E-state index contributed by atoms with van der Waals surface area (Å²) in [6, 6.07) is 9.09. The average Bonchev–Trinajstić information content (AvgIpc) is 3.24. The van der Waals surface area contributed by atoms with E-state index in [9.17, 15) is 14.4 Å². The molecule has 2 amide bonds. The zero-order valence-corrected chi connectivity index (χ0v) is 12.3. The summed E-state index contributed by atoms with van der Waals surface area (Å²) in [7, 11) is 0. The van der Waals surface area contributed by atoms with E-state index in [1.165, 1.54) is 0 Å². The first kappa shape index (κ1) is 14.0. The van der Waals surface area contributed by atoms with Crippen LogP contribution in [0.1, 0.15) is 12.0 Å². The van der Waals surface area contributed by atoms with E-state index in [0.29, 0.717) is 5.06 Å². The molecule has 1 heterocycles. The third-order valence-corrected chi connectivity index (χ3v) is 4.80. The molecule has 1 saturated carbocycles. The summed E-state index contributed by atoms with van der Waals surface area (Å²) >= 11 is 0. The Morgan fingerprint density at radius 3 is 2.26 bits per heavy atom. The number of ether oxygens (including phenoxy) is 1. The van der Waals surface area contributed by atoms with Crippen LogP contribution in [0.4, 0.5) is 4.79 Å².